The van der Waals surface area contributed by atoms with Gasteiger partial charge in [0.2, 0.25) is 11.8 Å². The van der Waals surface area contributed by atoms with E-state index >= 15 is 0 Å². The zero-order valence-electron chi connectivity index (χ0n) is 24.9. The minimum atomic E-state index is -0.428. The molecule has 0 aliphatic carbocycles. The van der Waals surface area contributed by atoms with Gasteiger partial charge in [-0.05, 0) is 60.4 Å². The molecule has 2 saturated heterocycles. The fourth-order valence-corrected chi connectivity index (χ4v) is 7.88. The monoisotopic (exact) mass is 585 g/mol. The summed E-state index contributed by atoms with van der Waals surface area (Å²) in [6.45, 7) is 5.83. The summed E-state index contributed by atoms with van der Waals surface area (Å²) in [5.41, 5.74) is 2.75. The smallest absolute Gasteiger partial charge is 0.239 e. The number of benzene rings is 3. The molecule has 4 atom stereocenters. The molecule has 3 aromatic rings. The summed E-state index contributed by atoms with van der Waals surface area (Å²) in [5, 5.41) is -0.253. The number of fused-ring (bicyclic) bond motifs is 1. The lowest BCUT2D eigenvalue weighted by molar-refractivity contribution is -0.122. The number of unbranched alkanes of at least 4 members (excludes halogenated alkanes) is 6. The number of imide groups is 1. The fraction of sp³-hybridized carbons (Fsp3) is 0.444. The Bertz CT molecular complexity index is 1210. The van der Waals surface area contributed by atoms with Crippen molar-refractivity contribution in [2.75, 3.05) is 18.1 Å². The van der Waals surface area contributed by atoms with E-state index in [-0.39, 0.29) is 22.3 Å². The number of carbonyl (C=O) groups excluding carboxylic acids is 2. The quantitative estimate of drug-likeness (QED) is 0.132. The molecule has 5 nitrogen and oxygen atoms in total. The molecular weight excluding hydrogens is 542 g/mol. The van der Waals surface area contributed by atoms with E-state index in [1.165, 1.54) is 43.4 Å². The molecule has 2 amide bonds. The van der Waals surface area contributed by atoms with Crippen molar-refractivity contribution in [1.29, 1.82) is 0 Å². The van der Waals surface area contributed by atoms with Crippen LogP contribution in [0.25, 0.3) is 0 Å². The minimum Gasteiger partial charge on any atom is -0.494 e. The van der Waals surface area contributed by atoms with Gasteiger partial charge in [0.05, 0.1) is 30.7 Å². The van der Waals surface area contributed by atoms with Crippen molar-refractivity contribution >= 4 is 29.3 Å². The van der Waals surface area contributed by atoms with Crippen LogP contribution in [0.5, 0.6) is 11.5 Å². The maximum Gasteiger partial charge on any atom is 0.239 e. The number of amides is 2. The Hall–Kier alpha value is -3.25. The van der Waals surface area contributed by atoms with Gasteiger partial charge in [0, 0.05) is 10.5 Å². The number of hydrogen-bond donors (Lipinski definition) is 0. The average Bonchev–Trinajstić information content (AvgIpc) is 3.54. The standard InChI is InChI=1S/C36H43NO4S/c1-3-5-7-12-24-40-29-20-16-26(17-21-29)33-31-32(36(39)37(35(31)38)28-14-10-9-11-15-28)34(42-33)27-18-22-30(23-19-27)41-25-13-8-6-4-2/h9-11,14-23,31-34H,3-8,12-13,24-25H2,1-2H3. The number of ether oxygens (including phenoxy) is 2. The Kier molecular flexibility index (Phi) is 10.6. The SMILES string of the molecule is CCCCCCOc1ccc(C2SC(c3ccc(OCCCCCC)cc3)C3C(=O)N(c4ccccc4)C(=O)C23)cc1. The molecule has 0 aromatic heterocycles. The molecule has 5 rings (SSSR count). The first-order valence-electron chi connectivity index (χ1n) is 15.7. The molecule has 2 fully saturated rings. The summed E-state index contributed by atoms with van der Waals surface area (Å²) in [7, 11) is 0. The Morgan fingerprint density at radius 3 is 1.48 bits per heavy atom. The summed E-state index contributed by atoms with van der Waals surface area (Å²) >= 11 is 1.73. The van der Waals surface area contributed by atoms with Crippen molar-refractivity contribution in [2.45, 2.75) is 75.7 Å². The highest BCUT2D eigenvalue weighted by molar-refractivity contribution is 8.00. The Morgan fingerprint density at radius 2 is 1.05 bits per heavy atom. The van der Waals surface area contributed by atoms with Crippen molar-refractivity contribution < 1.29 is 19.1 Å². The summed E-state index contributed by atoms with van der Waals surface area (Å²) in [5.74, 6) is 0.609. The number of carbonyl (C=O) groups is 2. The second-order valence-corrected chi connectivity index (χ2v) is 12.6. The second-order valence-electron chi connectivity index (χ2n) is 11.3. The van der Waals surface area contributed by atoms with Crippen LogP contribution in [0, 0.1) is 11.8 Å². The van der Waals surface area contributed by atoms with Crippen molar-refractivity contribution in [3.05, 3.63) is 90.0 Å². The largest absolute Gasteiger partial charge is 0.494 e. The van der Waals surface area contributed by atoms with Crippen LogP contribution < -0.4 is 14.4 Å². The van der Waals surface area contributed by atoms with Gasteiger partial charge in [0.15, 0.2) is 0 Å². The number of thioether (sulfide) groups is 1. The molecule has 2 heterocycles. The van der Waals surface area contributed by atoms with E-state index in [1.807, 2.05) is 54.6 Å². The lowest BCUT2D eigenvalue weighted by Gasteiger charge is -2.22. The Labute approximate surface area is 255 Å². The molecule has 42 heavy (non-hydrogen) atoms. The molecule has 4 unspecified atom stereocenters. The van der Waals surface area contributed by atoms with Crippen LogP contribution in [0.2, 0.25) is 0 Å². The molecule has 2 aliphatic rings. The highest BCUT2D eigenvalue weighted by Gasteiger charge is 2.60. The second kappa shape index (κ2) is 14.8. The van der Waals surface area contributed by atoms with E-state index in [4.69, 9.17) is 9.47 Å². The number of anilines is 1. The first kappa shape index (κ1) is 30.2. The first-order valence-corrected chi connectivity index (χ1v) is 16.6. The number of para-hydroxylation sites is 1. The molecule has 3 aromatic carbocycles. The van der Waals surface area contributed by atoms with Gasteiger partial charge in [0.1, 0.15) is 11.5 Å². The molecular formula is C36H43NO4S. The zero-order chi connectivity index (χ0) is 29.3. The van der Waals surface area contributed by atoms with Crippen molar-refractivity contribution in [2.24, 2.45) is 11.8 Å². The topological polar surface area (TPSA) is 55.8 Å². The van der Waals surface area contributed by atoms with Crippen LogP contribution in [0.3, 0.4) is 0 Å². The molecule has 2 aliphatic heterocycles. The highest BCUT2D eigenvalue weighted by Crippen LogP contribution is 2.62. The van der Waals surface area contributed by atoms with Crippen molar-refractivity contribution in [1.82, 2.24) is 0 Å². The summed E-state index contributed by atoms with van der Waals surface area (Å²) in [6, 6.07) is 25.6. The van der Waals surface area contributed by atoms with E-state index in [9.17, 15) is 9.59 Å². The summed E-state index contributed by atoms with van der Waals surface area (Å²) in [4.78, 5) is 29.3. The molecule has 6 heteroatoms. The van der Waals surface area contributed by atoms with Gasteiger partial charge in [0.25, 0.3) is 0 Å². The van der Waals surface area contributed by atoms with E-state index < -0.39 is 11.8 Å². The van der Waals surface area contributed by atoms with E-state index in [0.29, 0.717) is 18.9 Å². The lowest BCUT2D eigenvalue weighted by Crippen LogP contribution is -2.32. The van der Waals surface area contributed by atoms with Crippen molar-refractivity contribution in [3.8, 4) is 11.5 Å². The maximum absolute atomic E-state index is 13.9. The number of nitrogens with zero attached hydrogens (tertiary/aromatic N) is 1. The van der Waals surface area contributed by atoms with Gasteiger partial charge in [-0.15, -0.1) is 11.8 Å². The molecule has 0 spiro atoms. The number of hydrogen-bond acceptors (Lipinski definition) is 5. The van der Waals surface area contributed by atoms with Gasteiger partial charge in [-0.25, -0.2) is 4.90 Å². The zero-order valence-corrected chi connectivity index (χ0v) is 25.7. The summed E-state index contributed by atoms with van der Waals surface area (Å²) < 4.78 is 11.9. The predicted octanol–water partition coefficient (Wildman–Crippen LogP) is 8.94. The third kappa shape index (κ3) is 6.86. The van der Waals surface area contributed by atoms with E-state index in [0.717, 1.165) is 35.5 Å². The van der Waals surface area contributed by atoms with Gasteiger partial charge in [-0.1, -0.05) is 94.8 Å². The highest BCUT2D eigenvalue weighted by atomic mass is 32.2. The minimum absolute atomic E-state index is 0.112. The fourth-order valence-electron chi connectivity index (χ4n) is 6.03. The molecule has 0 radical (unpaired) electrons. The molecule has 0 bridgehead atoms. The van der Waals surface area contributed by atoms with Crippen LogP contribution in [0.1, 0.15) is 86.8 Å². The predicted molar refractivity (Wildman–Crippen MR) is 171 cm³/mol. The van der Waals surface area contributed by atoms with Crippen LogP contribution in [0.15, 0.2) is 78.9 Å². The molecule has 222 valence electrons. The average molecular weight is 586 g/mol. The van der Waals surface area contributed by atoms with Gasteiger partial charge in [-0.3, -0.25) is 9.59 Å². The third-order valence-electron chi connectivity index (χ3n) is 8.31. The molecule has 0 N–H and O–H groups in total. The van der Waals surface area contributed by atoms with Gasteiger partial charge >= 0.3 is 0 Å². The van der Waals surface area contributed by atoms with E-state index in [1.54, 1.807) is 11.8 Å². The third-order valence-corrected chi connectivity index (χ3v) is 10.0. The maximum atomic E-state index is 13.9. The lowest BCUT2D eigenvalue weighted by atomic mass is 9.84. The molecule has 0 saturated carbocycles. The first-order chi connectivity index (χ1) is 20.6. The van der Waals surface area contributed by atoms with E-state index in [2.05, 4.69) is 38.1 Å². The van der Waals surface area contributed by atoms with Crippen LogP contribution in [0.4, 0.5) is 5.69 Å². The van der Waals surface area contributed by atoms with Crippen LogP contribution in [-0.2, 0) is 9.59 Å². The normalized spacial score (nSPS) is 21.5. The van der Waals surface area contributed by atoms with Crippen molar-refractivity contribution in [3.63, 3.8) is 0 Å². The Morgan fingerprint density at radius 1 is 0.595 bits per heavy atom. The summed E-state index contributed by atoms with van der Waals surface area (Å²) in [6.07, 6.45) is 9.32. The van der Waals surface area contributed by atoms with Gasteiger partial charge < -0.3 is 9.47 Å². The number of rotatable bonds is 15. The van der Waals surface area contributed by atoms with Gasteiger partial charge in [-0.2, -0.15) is 0 Å². The van der Waals surface area contributed by atoms with Crippen LogP contribution >= 0.6 is 11.8 Å². The Balaban J connectivity index is 1.35. The van der Waals surface area contributed by atoms with Crippen LogP contribution in [-0.4, -0.2) is 25.0 Å².